The molecule has 10 aromatic rings. The van der Waals surface area contributed by atoms with Crippen LogP contribution in [0.4, 0.5) is 0 Å². The van der Waals surface area contributed by atoms with Crippen LogP contribution in [0.15, 0.2) is 152 Å². The van der Waals surface area contributed by atoms with Gasteiger partial charge in [-0.3, -0.25) is 13.7 Å². The number of pyridine rings is 2. The van der Waals surface area contributed by atoms with Crippen LogP contribution < -0.4 is 0 Å². The predicted octanol–water partition coefficient (Wildman–Crippen LogP) is 10.4. The molecule has 8 nitrogen and oxygen atoms in total. The van der Waals surface area contributed by atoms with Gasteiger partial charge in [-0.15, -0.1) is 0 Å². The number of imidazole rings is 3. The van der Waals surface area contributed by atoms with Crippen LogP contribution in [0, 0.1) is 20.8 Å². The molecule has 8 heteroatoms. The van der Waals surface area contributed by atoms with Gasteiger partial charge in [-0.05, 0) is 110 Å². The topological polar surface area (TPSA) is 79.2 Å². The molecule has 0 atom stereocenters. The van der Waals surface area contributed by atoms with E-state index in [1.54, 1.807) is 0 Å². The summed E-state index contributed by atoms with van der Waals surface area (Å²) in [7, 11) is 0. The summed E-state index contributed by atoms with van der Waals surface area (Å²) >= 11 is 0. The highest BCUT2D eigenvalue weighted by atomic mass is 15.1. The van der Waals surface area contributed by atoms with Crippen LogP contribution in [-0.2, 0) is 0 Å². The van der Waals surface area contributed by atoms with Crippen molar-refractivity contribution in [2.45, 2.75) is 20.8 Å². The quantitative estimate of drug-likeness (QED) is 0.173. The number of benzene rings is 5. The Morgan fingerprint density at radius 2 is 0.741 bits per heavy atom. The summed E-state index contributed by atoms with van der Waals surface area (Å²) in [6.45, 7) is 6.39. The Bertz CT molecular complexity index is 2710. The summed E-state index contributed by atoms with van der Waals surface area (Å²) in [6.07, 6.45) is 3.65. The van der Waals surface area contributed by atoms with Crippen molar-refractivity contribution in [3.05, 3.63) is 169 Å². The van der Waals surface area contributed by atoms with Crippen molar-refractivity contribution in [2.75, 3.05) is 0 Å². The van der Waals surface area contributed by atoms with Crippen molar-refractivity contribution in [2.24, 2.45) is 0 Å². The van der Waals surface area contributed by atoms with E-state index in [0.29, 0.717) is 0 Å². The van der Waals surface area contributed by atoms with Gasteiger partial charge in [-0.1, -0.05) is 66.7 Å². The lowest BCUT2D eigenvalue weighted by molar-refractivity contribution is 1.05. The molecule has 0 N–H and O–H groups in total. The van der Waals surface area contributed by atoms with Gasteiger partial charge in [0.15, 0.2) is 11.3 Å². The molecule has 0 saturated carbocycles. The fourth-order valence-electron chi connectivity index (χ4n) is 7.59. The molecule has 0 aliphatic carbocycles. The lowest BCUT2D eigenvalue weighted by Crippen LogP contribution is -2.04. The number of aromatic nitrogens is 8. The molecule has 0 bridgehead atoms. The molecule has 0 radical (unpaired) electrons. The fraction of sp³-hybridized carbons (Fsp3) is 0.0652. The number of hydrogen-bond donors (Lipinski definition) is 0. The van der Waals surface area contributed by atoms with Crippen LogP contribution in [0.25, 0.3) is 84.6 Å². The van der Waals surface area contributed by atoms with Gasteiger partial charge in [0, 0.05) is 29.1 Å². The summed E-state index contributed by atoms with van der Waals surface area (Å²) in [4.78, 5) is 25.6. The molecular formula is C46H34N8. The molecule has 0 amide bonds. The highest BCUT2D eigenvalue weighted by Crippen LogP contribution is 2.39. The molecule has 0 saturated heterocycles. The Morgan fingerprint density at radius 1 is 0.370 bits per heavy atom. The zero-order chi connectivity index (χ0) is 36.3. The molecule has 0 unspecified atom stereocenters. The van der Waals surface area contributed by atoms with E-state index in [2.05, 4.69) is 144 Å². The van der Waals surface area contributed by atoms with E-state index in [1.165, 1.54) is 0 Å². The molecule has 5 aromatic carbocycles. The normalized spacial score (nSPS) is 11.6. The monoisotopic (exact) mass is 698 g/mol. The first-order valence-corrected chi connectivity index (χ1v) is 18.0. The largest absolute Gasteiger partial charge is 0.292 e. The van der Waals surface area contributed by atoms with E-state index in [0.717, 1.165) is 101 Å². The first-order valence-electron chi connectivity index (χ1n) is 18.0. The van der Waals surface area contributed by atoms with Crippen molar-refractivity contribution < 1.29 is 0 Å². The van der Waals surface area contributed by atoms with Crippen molar-refractivity contribution in [1.29, 1.82) is 0 Å². The molecule has 258 valence electrons. The molecular weight excluding hydrogens is 665 g/mol. The molecule has 0 aliphatic heterocycles. The maximum Gasteiger partial charge on any atom is 0.164 e. The third-order valence-electron chi connectivity index (χ3n) is 10.2. The van der Waals surface area contributed by atoms with E-state index < -0.39 is 0 Å². The number of para-hydroxylation sites is 5. The van der Waals surface area contributed by atoms with Gasteiger partial charge < -0.3 is 0 Å². The van der Waals surface area contributed by atoms with Gasteiger partial charge in [-0.2, -0.15) is 0 Å². The SMILES string of the molecule is Cc1ccccc1-n1c(-c2cc(-c3nc4cccnc4n3-c3ccccc3C)cc(-c3nc4cccnc4n3-c3ccccc3C)c2)nc2ccccc21. The number of fused-ring (bicyclic) bond motifs is 3. The van der Waals surface area contributed by atoms with E-state index in [4.69, 9.17) is 24.9 Å². The lowest BCUT2D eigenvalue weighted by atomic mass is 10.0. The zero-order valence-electron chi connectivity index (χ0n) is 30.0. The third-order valence-corrected chi connectivity index (χ3v) is 10.2. The Labute approximate surface area is 311 Å². The summed E-state index contributed by atoms with van der Waals surface area (Å²) in [6, 6.07) is 48.0. The van der Waals surface area contributed by atoms with Crippen LogP contribution in [-0.4, -0.2) is 38.6 Å². The second-order valence-corrected chi connectivity index (χ2v) is 13.7. The van der Waals surface area contributed by atoms with Gasteiger partial charge in [0.2, 0.25) is 0 Å². The zero-order valence-corrected chi connectivity index (χ0v) is 30.0. The van der Waals surface area contributed by atoms with Crippen LogP contribution >= 0.6 is 0 Å². The second kappa shape index (κ2) is 12.5. The smallest absolute Gasteiger partial charge is 0.164 e. The molecule has 0 spiro atoms. The lowest BCUT2D eigenvalue weighted by Gasteiger charge is -2.17. The first-order chi connectivity index (χ1) is 26.5. The Hall–Kier alpha value is -7.19. The van der Waals surface area contributed by atoms with Gasteiger partial charge >= 0.3 is 0 Å². The number of aryl methyl sites for hydroxylation is 3. The van der Waals surface area contributed by atoms with Gasteiger partial charge in [0.05, 0.1) is 28.1 Å². The van der Waals surface area contributed by atoms with E-state index in [-0.39, 0.29) is 0 Å². The van der Waals surface area contributed by atoms with Crippen LogP contribution in [0.3, 0.4) is 0 Å². The summed E-state index contributed by atoms with van der Waals surface area (Å²) in [5, 5.41) is 0. The van der Waals surface area contributed by atoms with Gasteiger partial charge in [0.25, 0.3) is 0 Å². The molecule has 0 aliphatic rings. The summed E-state index contributed by atoms with van der Waals surface area (Å²) in [5.74, 6) is 2.37. The van der Waals surface area contributed by atoms with Crippen molar-refractivity contribution in [1.82, 2.24) is 38.6 Å². The van der Waals surface area contributed by atoms with Crippen LogP contribution in [0.2, 0.25) is 0 Å². The van der Waals surface area contributed by atoms with Gasteiger partial charge in [0.1, 0.15) is 28.5 Å². The van der Waals surface area contributed by atoms with Crippen LogP contribution in [0.5, 0.6) is 0 Å². The average Bonchev–Trinajstić information content (AvgIpc) is 3.91. The van der Waals surface area contributed by atoms with E-state index in [1.807, 2.05) is 42.7 Å². The molecule has 5 aromatic heterocycles. The first kappa shape index (κ1) is 31.5. The molecule has 10 rings (SSSR count). The van der Waals surface area contributed by atoms with Crippen molar-refractivity contribution >= 4 is 33.4 Å². The van der Waals surface area contributed by atoms with Gasteiger partial charge in [-0.25, -0.2) is 24.9 Å². The standard InChI is InChI=1S/C46H34N8/c1-29-14-4-8-20-38(29)52-41-23-11-7-17-35(41)49-42(52)32-26-33(43-50-36-18-12-24-47-45(36)53(43)39-21-9-5-15-30(39)2)28-34(27-32)44-51-37-19-13-25-48-46(37)54(44)40-22-10-6-16-31(40)3/h4-28H,1-3H3. The van der Waals surface area contributed by atoms with Crippen molar-refractivity contribution in [3.8, 4) is 51.2 Å². The Morgan fingerprint density at radius 3 is 1.22 bits per heavy atom. The molecule has 5 heterocycles. The minimum absolute atomic E-state index is 0.774. The maximum absolute atomic E-state index is 5.33. The minimum Gasteiger partial charge on any atom is -0.292 e. The Balaban J connectivity index is 1.33. The number of nitrogens with zero attached hydrogens (tertiary/aromatic N) is 8. The summed E-state index contributed by atoms with van der Waals surface area (Å²) in [5.41, 5.74) is 14.4. The minimum atomic E-state index is 0.774. The van der Waals surface area contributed by atoms with E-state index in [9.17, 15) is 0 Å². The Kier molecular flexibility index (Phi) is 7.30. The molecule has 54 heavy (non-hydrogen) atoms. The van der Waals surface area contributed by atoms with E-state index >= 15 is 0 Å². The fourth-order valence-corrected chi connectivity index (χ4v) is 7.59. The highest BCUT2D eigenvalue weighted by molar-refractivity contribution is 5.89. The summed E-state index contributed by atoms with van der Waals surface area (Å²) < 4.78 is 6.61. The number of hydrogen-bond acceptors (Lipinski definition) is 5. The highest BCUT2D eigenvalue weighted by Gasteiger charge is 2.24. The molecule has 0 fully saturated rings. The van der Waals surface area contributed by atoms with Crippen molar-refractivity contribution in [3.63, 3.8) is 0 Å². The second-order valence-electron chi connectivity index (χ2n) is 13.7. The third kappa shape index (κ3) is 5.03. The average molecular weight is 699 g/mol. The number of rotatable bonds is 6. The predicted molar refractivity (Wildman–Crippen MR) is 216 cm³/mol. The maximum atomic E-state index is 5.33. The van der Waals surface area contributed by atoms with Crippen LogP contribution in [0.1, 0.15) is 16.7 Å².